The van der Waals surface area contributed by atoms with Crippen LogP contribution in [0.25, 0.3) is 0 Å². The highest BCUT2D eigenvalue weighted by molar-refractivity contribution is 7.98. The maximum Gasteiger partial charge on any atom is 0.265 e. The molecule has 9 nitrogen and oxygen atoms in total. The van der Waals surface area contributed by atoms with Crippen molar-refractivity contribution in [1.29, 1.82) is 0 Å². The lowest BCUT2D eigenvalue weighted by molar-refractivity contribution is -0.119. The molecule has 0 atom stereocenters. The SMILES string of the molecule is COc1ccc(OC)c(N(CC(=O)NCCSCc2ccccc2C)S(=O)(=O)c2ccc(OC)c(OC)c2)c1. The Morgan fingerprint density at radius 3 is 2.23 bits per heavy atom. The Morgan fingerprint density at radius 1 is 0.872 bits per heavy atom. The predicted molar refractivity (Wildman–Crippen MR) is 154 cm³/mol. The van der Waals surface area contributed by atoms with E-state index < -0.39 is 22.5 Å². The van der Waals surface area contributed by atoms with Gasteiger partial charge in [0.15, 0.2) is 11.5 Å². The maximum atomic E-state index is 13.9. The Balaban J connectivity index is 1.83. The van der Waals surface area contributed by atoms with Crippen LogP contribution >= 0.6 is 11.8 Å². The zero-order valence-electron chi connectivity index (χ0n) is 22.7. The van der Waals surface area contributed by atoms with E-state index in [2.05, 4.69) is 24.4 Å². The summed E-state index contributed by atoms with van der Waals surface area (Å²) in [5.74, 6) is 2.33. The van der Waals surface area contributed by atoms with Gasteiger partial charge >= 0.3 is 0 Å². The molecule has 0 aliphatic rings. The molecule has 1 N–H and O–H groups in total. The van der Waals surface area contributed by atoms with E-state index in [4.69, 9.17) is 18.9 Å². The third kappa shape index (κ3) is 7.51. The Hall–Kier alpha value is -3.57. The molecular weight excluding hydrogens is 540 g/mol. The Labute approximate surface area is 234 Å². The van der Waals surface area contributed by atoms with Crippen LogP contribution in [0.3, 0.4) is 0 Å². The number of nitrogens with zero attached hydrogens (tertiary/aromatic N) is 1. The maximum absolute atomic E-state index is 13.9. The number of nitrogens with one attached hydrogen (secondary N) is 1. The van der Waals surface area contributed by atoms with Crippen LogP contribution in [-0.2, 0) is 20.6 Å². The van der Waals surface area contributed by atoms with Crippen LogP contribution in [0.4, 0.5) is 5.69 Å². The van der Waals surface area contributed by atoms with Crippen molar-refractivity contribution in [2.24, 2.45) is 0 Å². The number of ether oxygens (including phenoxy) is 4. The smallest absolute Gasteiger partial charge is 0.265 e. The van der Waals surface area contributed by atoms with Crippen LogP contribution < -0.4 is 28.6 Å². The Kier molecular flexibility index (Phi) is 10.8. The third-order valence-corrected chi connectivity index (χ3v) is 8.74. The topological polar surface area (TPSA) is 103 Å². The van der Waals surface area contributed by atoms with Gasteiger partial charge in [0.05, 0.1) is 39.0 Å². The molecule has 0 aromatic heterocycles. The van der Waals surface area contributed by atoms with E-state index in [0.717, 1.165) is 10.1 Å². The number of thioether (sulfide) groups is 1. The molecule has 1 amide bonds. The number of hydrogen-bond donors (Lipinski definition) is 1. The molecule has 0 heterocycles. The van der Waals surface area contributed by atoms with Crippen molar-refractivity contribution in [2.75, 3.05) is 51.6 Å². The summed E-state index contributed by atoms with van der Waals surface area (Å²) in [6.07, 6.45) is 0. The standard InChI is InChI=1S/C28H34N2O7S2/c1-20-8-6-7-9-21(20)19-38-15-14-29-28(31)18-30(24-16-22(34-2)10-12-25(24)35-3)39(32,33)23-11-13-26(36-4)27(17-23)37-5/h6-13,16-17H,14-15,18-19H2,1-5H3,(H,29,31). The summed E-state index contributed by atoms with van der Waals surface area (Å²) in [5, 5.41) is 2.83. The fourth-order valence-electron chi connectivity index (χ4n) is 3.80. The van der Waals surface area contributed by atoms with E-state index in [-0.39, 0.29) is 22.1 Å². The second kappa shape index (κ2) is 14.0. The van der Waals surface area contributed by atoms with Crippen molar-refractivity contribution in [2.45, 2.75) is 17.6 Å². The molecule has 0 spiro atoms. The minimum absolute atomic E-state index is 0.0772. The van der Waals surface area contributed by atoms with Gasteiger partial charge in [-0.25, -0.2) is 8.42 Å². The number of methoxy groups -OCH3 is 4. The number of rotatable bonds is 14. The van der Waals surface area contributed by atoms with Crippen LogP contribution in [0.5, 0.6) is 23.0 Å². The number of carbonyl (C=O) groups is 1. The molecule has 3 aromatic rings. The van der Waals surface area contributed by atoms with E-state index in [0.29, 0.717) is 23.8 Å². The minimum Gasteiger partial charge on any atom is -0.497 e. The van der Waals surface area contributed by atoms with Crippen molar-refractivity contribution >= 4 is 33.4 Å². The van der Waals surface area contributed by atoms with Crippen LogP contribution in [0, 0.1) is 6.92 Å². The molecule has 3 rings (SSSR count). The third-order valence-electron chi connectivity index (χ3n) is 5.97. The van der Waals surface area contributed by atoms with E-state index in [1.165, 1.54) is 63.8 Å². The first-order valence-electron chi connectivity index (χ1n) is 12.1. The summed E-state index contributed by atoms with van der Waals surface area (Å²) in [4.78, 5) is 12.9. The molecule has 0 saturated heterocycles. The van der Waals surface area contributed by atoms with E-state index in [1.54, 1.807) is 23.9 Å². The molecule has 0 saturated carbocycles. The van der Waals surface area contributed by atoms with Crippen LogP contribution in [-0.4, -0.2) is 61.6 Å². The van der Waals surface area contributed by atoms with Crippen molar-refractivity contribution < 1.29 is 32.2 Å². The molecule has 0 bridgehead atoms. The highest BCUT2D eigenvalue weighted by Gasteiger charge is 2.31. The number of amides is 1. The van der Waals surface area contributed by atoms with Crippen molar-refractivity contribution in [1.82, 2.24) is 5.32 Å². The first-order chi connectivity index (χ1) is 18.7. The summed E-state index contributed by atoms with van der Waals surface area (Å²) in [6.45, 7) is 1.98. The fraction of sp³-hybridized carbons (Fsp3) is 0.321. The lowest BCUT2D eigenvalue weighted by atomic mass is 10.1. The molecule has 0 aliphatic carbocycles. The molecular formula is C28H34N2O7S2. The van der Waals surface area contributed by atoms with Crippen molar-refractivity contribution in [3.63, 3.8) is 0 Å². The largest absolute Gasteiger partial charge is 0.497 e. The summed E-state index contributed by atoms with van der Waals surface area (Å²) in [6, 6.07) is 17.2. The average molecular weight is 575 g/mol. The molecule has 210 valence electrons. The lowest BCUT2D eigenvalue weighted by Crippen LogP contribution is -2.41. The first kappa shape index (κ1) is 30.0. The zero-order valence-corrected chi connectivity index (χ0v) is 24.4. The Morgan fingerprint density at radius 2 is 1.56 bits per heavy atom. The van der Waals surface area contributed by atoms with Gasteiger partial charge in [-0.2, -0.15) is 11.8 Å². The summed E-state index contributed by atoms with van der Waals surface area (Å²) >= 11 is 1.69. The monoisotopic (exact) mass is 574 g/mol. The van der Waals surface area contributed by atoms with Gasteiger partial charge < -0.3 is 24.3 Å². The van der Waals surface area contributed by atoms with Gasteiger partial charge in [0.1, 0.15) is 18.0 Å². The highest BCUT2D eigenvalue weighted by Crippen LogP contribution is 2.37. The molecule has 0 aliphatic heterocycles. The second-order valence-electron chi connectivity index (χ2n) is 8.40. The van der Waals surface area contributed by atoms with Gasteiger partial charge in [-0.1, -0.05) is 24.3 Å². The number of aryl methyl sites for hydroxylation is 1. The van der Waals surface area contributed by atoms with Gasteiger partial charge in [-0.15, -0.1) is 0 Å². The lowest BCUT2D eigenvalue weighted by Gasteiger charge is -2.26. The quantitative estimate of drug-likeness (QED) is 0.285. The fourth-order valence-corrected chi connectivity index (χ4v) is 6.17. The van der Waals surface area contributed by atoms with Crippen molar-refractivity contribution in [3.05, 3.63) is 71.8 Å². The normalized spacial score (nSPS) is 11.0. The Bertz CT molecular complexity index is 1380. The van der Waals surface area contributed by atoms with E-state index in [1.807, 2.05) is 12.1 Å². The molecule has 3 aromatic carbocycles. The van der Waals surface area contributed by atoms with E-state index >= 15 is 0 Å². The van der Waals surface area contributed by atoms with Gasteiger partial charge in [-0.3, -0.25) is 9.10 Å². The highest BCUT2D eigenvalue weighted by atomic mass is 32.2. The summed E-state index contributed by atoms with van der Waals surface area (Å²) < 4.78 is 50.1. The molecule has 39 heavy (non-hydrogen) atoms. The average Bonchev–Trinajstić information content (AvgIpc) is 2.95. The van der Waals surface area contributed by atoms with Crippen LogP contribution in [0.2, 0.25) is 0 Å². The van der Waals surface area contributed by atoms with Gasteiger partial charge in [0, 0.05) is 30.2 Å². The van der Waals surface area contributed by atoms with Gasteiger partial charge in [0.2, 0.25) is 5.91 Å². The predicted octanol–water partition coefficient (Wildman–Crippen LogP) is 4.27. The number of hydrogen-bond acceptors (Lipinski definition) is 8. The first-order valence-corrected chi connectivity index (χ1v) is 14.7. The van der Waals surface area contributed by atoms with Crippen LogP contribution in [0.1, 0.15) is 11.1 Å². The number of anilines is 1. The van der Waals surface area contributed by atoms with Gasteiger partial charge in [0.25, 0.3) is 10.0 Å². The number of sulfonamides is 1. The number of benzene rings is 3. The molecule has 0 fully saturated rings. The van der Waals surface area contributed by atoms with Crippen LogP contribution in [0.15, 0.2) is 65.6 Å². The van der Waals surface area contributed by atoms with Crippen molar-refractivity contribution in [3.8, 4) is 23.0 Å². The van der Waals surface area contributed by atoms with Gasteiger partial charge in [-0.05, 0) is 42.3 Å². The minimum atomic E-state index is -4.24. The summed E-state index contributed by atoms with van der Waals surface area (Å²) in [5.41, 5.74) is 2.62. The summed E-state index contributed by atoms with van der Waals surface area (Å²) in [7, 11) is 1.54. The molecule has 0 radical (unpaired) electrons. The second-order valence-corrected chi connectivity index (χ2v) is 11.4. The molecule has 11 heteroatoms. The molecule has 0 unspecified atom stereocenters. The zero-order chi connectivity index (χ0) is 28.4. The van der Waals surface area contributed by atoms with E-state index in [9.17, 15) is 13.2 Å². The number of carbonyl (C=O) groups excluding carboxylic acids is 1.